The molecule has 120 valence electrons. The number of hydrogen-bond acceptors (Lipinski definition) is 3. The average molecular weight is 326 g/mol. The summed E-state index contributed by atoms with van der Waals surface area (Å²) in [5.41, 5.74) is 3.26. The van der Waals surface area contributed by atoms with Crippen molar-refractivity contribution in [2.24, 2.45) is 0 Å². The van der Waals surface area contributed by atoms with Gasteiger partial charge in [-0.2, -0.15) is 0 Å². The minimum Gasteiger partial charge on any atom is -0.268 e. The highest BCUT2D eigenvalue weighted by atomic mass is 16.1. The van der Waals surface area contributed by atoms with Crippen LogP contribution < -0.4 is 5.56 Å². The van der Waals surface area contributed by atoms with E-state index in [1.165, 1.54) is 0 Å². The number of aryl methyl sites for hydroxylation is 1. The first-order valence-electron chi connectivity index (χ1n) is 8.09. The van der Waals surface area contributed by atoms with E-state index in [1.54, 1.807) is 4.40 Å². The molecule has 0 radical (unpaired) electrons. The number of imidazole rings is 1. The molecule has 3 aromatic heterocycles. The van der Waals surface area contributed by atoms with Crippen molar-refractivity contribution in [2.45, 2.75) is 6.92 Å². The fourth-order valence-electron chi connectivity index (χ4n) is 3.32. The van der Waals surface area contributed by atoms with Crippen LogP contribution in [0.15, 0.2) is 71.5 Å². The monoisotopic (exact) mass is 326 g/mol. The zero-order chi connectivity index (χ0) is 17.0. The van der Waals surface area contributed by atoms with Gasteiger partial charge in [-0.15, -0.1) is 0 Å². The van der Waals surface area contributed by atoms with Gasteiger partial charge in [-0.3, -0.25) is 9.36 Å². The summed E-state index contributed by atoms with van der Waals surface area (Å²) in [4.78, 5) is 22.5. The molecule has 2 aromatic carbocycles. The summed E-state index contributed by atoms with van der Waals surface area (Å²) < 4.78 is 3.61. The highest BCUT2D eigenvalue weighted by Gasteiger charge is 2.17. The Balaban J connectivity index is 2.08. The maximum atomic E-state index is 13.1. The van der Waals surface area contributed by atoms with Crippen molar-refractivity contribution in [3.05, 3.63) is 82.8 Å². The maximum absolute atomic E-state index is 13.1. The zero-order valence-corrected chi connectivity index (χ0v) is 13.5. The van der Waals surface area contributed by atoms with E-state index in [0.717, 1.165) is 22.5 Å². The molecule has 0 unspecified atom stereocenters. The standard InChI is InChI=1S/C20H14N4O/c1-13-7-6-12-18(21-13)23-16-10-4-5-11-17(16)24-19(25)14-8-2-3-9-15(14)22-20(23)24/h2-12H,1H3. The molecule has 3 heterocycles. The number of benzene rings is 2. The van der Waals surface area contributed by atoms with Crippen molar-refractivity contribution < 1.29 is 0 Å². The van der Waals surface area contributed by atoms with E-state index in [-0.39, 0.29) is 5.56 Å². The lowest BCUT2D eigenvalue weighted by Crippen LogP contribution is -2.15. The second-order valence-corrected chi connectivity index (χ2v) is 6.03. The Morgan fingerprint density at radius 3 is 2.40 bits per heavy atom. The summed E-state index contributed by atoms with van der Waals surface area (Å²) in [7, 11) is 0. The van der Waals surface area contributed by atoms with Crippen LogP contribution in [0.4, 0.5) is 0 Å². The Morgan fingerprint density at radius 2 is 1.56 bits per heavy atom. The molecule has 5 nitrogen and oxygen atoms in total. The third kappa shape index (κ3) is 1.92. The minimum absolute atomic E-state index is 0.0665. The van der Waals surface area contributed by atoms with Crippen LogP contribution in [0.1, 0.15) is 5.69 Å². The van der Waals surface area contributed by atoms with Gasteiger partial charge in [0, 0.05) is 5.69 Å². The lowest BCUT2D eigenvalue weighted by atomic mass is 10.2. The Bertz CT molecular complexity index is 1330. The van der Waals surface area contributed by atoms with E-state index in [1.807, 2.05) is 78.2 Å². The van der Waals surface area contributed by atoms with Gasteiger partial charge in [0.25, 0.3) is 5.56 Å². The van der Waals surface area contributed by atoms with E-state index in [0.29, 0.717) is 16.7 Å². The summed E-state index contributed by atoms with van der Waals surface area (Å²) in [6, 6.07) is 21.1. The third-order valence-corrected chi connectivity index (χ3v) is 4.42. The molecule has 0 bridgehead atoms. The number of nitrogens with zero attached hydrogens (tertiary/aromatic N) is 4. The van der Waals surface area contributed by atoms with Crippen LogP contribution in [0.2, 0.25) is 0 Å². The van der Waals surface area contributed by atoms with Crippen LogP contribution in [-0.2, 0) is 0 Å². The highest BCUT2D eigenvalue weighted by molar-refractivity contribution is 5.87. The Kier molecular flexibility index (Phi) is 2.79. The molecule has 0 atom stereocenters. The second kappa shape index (κ2) is 5.01. The molecular weight excluding hydrogens is 312 g/mol. The number of aromatic nitrogens is 4. The number of hydrogen-bond donors (Lipinski definition) is 0. The zero-order valence-electron chi connectivity index (χ0n) is 13.5. The van der Waals surface area contributed by atoms with Crippen LogP contribution in [0.25, 0.3) is 33.5 Å². The summed E-state index contributed by atoms with van der Waals surface area (Å²) in [5, 5.41) is 0.611. The Hall–Kier alpha value is -3.47. The highest BCUT2D eigenvalue weighted by Crippen LogP contribution is 2.23. The predicted molar refractivity (Wildman–Crippen MR) is 98.3 cm³/mol. The van der Waals surface area contributed by atoms with Gasteiger partial charge in [0.2, 0.25) is 5.78 Å². The predicted octanol–water partition coefficient (Wildman–Crippen LogP) is 3.50. The fourth-order valence-corrected chi connectivity index (χ4v) is 3.32. The van der Waals surface area contributed by atoms with E-state index in [9.17, 15) is 4.79 Å². The molecule has 0 aliphatic rings. The average Bonchev–Trinajstić information content (AvgIpc) is 2.96. The van der Waals surface area contributed by atoms with E-state index >= 15 is 0 Å². The van der Waals surface area contributed by atoms with E-state index in [4.69, 9.17) is 4.98 Å². The molecule has 0 amide bonds. The molecule has 0 aliphatic carbocycles. The van der Waals surface area contributed by atoms with Gasteiger partial charge in [0.1, 0.15) is 5.82 Å². The van der Waals surface area contributed by atoms with Gasteiger partial charge in [0.05, 0.1) is 21.9 Å². The van der Waals surface area contributed by atoms with Crippen molar-refractivity contribution in [1.82, 2.24) is 18.9 Å². The first-order chi connectivity index (χ1) is 12.2. The van der Waals surface area contributed by atoms with Crippen molar-refractivity contribution in [2.75, 3.05) is 0 Å². The minimum atomic E-state index is -0.0665. The molecule has 0 saturated heterocycles. The molecule has 5 aromatic rings. The number of pyridine rings is 1. The van der Waals surface area contributed by atoms with Crippen molar-refractivity contribution >= 4 is 27.7 Å². The SMILES string of the molecule is Cc1cccc(-n2c3ccccc3n3c(=O)c4ccccc4nc23)n1. The van der Waals surface area contributed by atoms with Crippen molar-refractivity contribution in [3.63, 3.8) is 0 Å². The maximum Gasteiger partial charge on any atom is 0.267 e. The summed E-state index contributed by atoms with van der Waals surface area (Å²) >= 11 is 0. The van der Waals surface area contributed by atoms with Gasteiger partial charge < -0.3 is 0 Å². The normalized spacial score (nSPS) is 11.6. The van der Waals surface area contributed by atoms with Gasteiger partial charge in [-0.1, -0.05) is 30.3 Å². The Labute approximate surface area is 142 Å². The van der Waals surface area contributed by atoms with Crippen LogP contribution >= 0.6 is 0 Å². The van der Waals surface area contributed by atoms with Gasteiger partial charge in [-0.25, -0.2) is 14.4 Å². The molecule has 0 N–H and O–H groups in total. The van der Waals surface area contributed by atoms with E-state index < -0.39 is 0 Å². The van der Waals surface area contributed by atoms with Crippen LogP contribution in [0.3, 0.4) is 0 Å². The molecule has 0 aliphatic heterocycles. The second-order valence-electron chi connectivity index (χ2n) is 6.03. The Morgan fingerprint density at radius 1 is 0.800 bits per heavy atom. The van der Waals surface area contributed by atoms with Gasteiger partial charge >= 0.3 is 0 Å². The number of para-hydroxylation sites is 3. The lowest BCUT2D eigenvalue weighted by molar-refractivity contribution is 0.993. The van der Waals surface area contributed by atoms with Gasteiger partial charge in [0.15, 0.2) is 0 Å². The first kappa shape index (κ1) is 13.9. The molecule has 0 fully saturated rings. The summed E-state index contributed by atoms with van der Waals surface area (Å²) in [5.74, 6) is 1.32. The molecular formula is C20H14N4O. The van der Waals surface area contributed by atoms with Crippen LogP contribution in [0.5, 0.6) is 0 Å². The number of rotatable bonds is 1. The first-order valence-corrected chi connectivity index (χ1v) is 8.09. The largest absolute Gasteiger partial charge is 0.268 e. The van der Waals surface area contributed by atoms with Crippen LogP contribution in [-0.4, -0.2) is 18.9 Å². The molecule has 0 saturated carbocycles. The number of fused-ring (bicyclic) bond motifs is 4. The third-order valence-electron chi connectivity index (χ3n) is 4.42. The van der Waals surface area contributed by atoms with Gasteiger partial charge in [-0.05, 0) is 43.3 Å². The topological polar surface area (TPSA) is 52.2 Å². The van der Waals surface area contributed by atoms with E-state index in [2.05, 4.69) is 4.98 Å². The lowest BCUT2D eigenvalue weighted by Gasteiger charge is -2.06. The summed E-state index contributed by atoms with van der Waals surface area (Å²) in [6.45, 7) is 1.95. The van der Waals surface area contributed by atoms with Crippen molar-refractivity contribution in [1.29, 1.82) is 0 Å². The molecule has 5 heteroatoms. The molecule has 25 heavy (non-hydrogen) atoms. The van der Waals surface area contributed by atoms with Crippen LogP contribution in [0, 0.1) is 6.92 Å². The fraction of sp³-hybridized carbons (Fsp3) is 0.0500. The smallest absolute Gasteiger partial charge is 0.267 e. The quantitative estimate of drug-likeness (QED) is 0.474. The van der Waals surface area contributed by atoms with Crippen molar-refractivity contribution in [3.8, 4) is 5.82 Å². The summed E-state index contributed by atoms with van der Waals surface area (Å²) in [6.07, 6.45) is 0. The molecule has 0 spiro atoms. The molecule has 5 rings (SSSR count).